The second-order valence-corrected chi connectivity index (χ2v) is 4.88. The maximum absolute atomic E-state index is 11.7. The molecule has 6 nitrogen and oxygen atoms in total. The molecule has 2 aromatic rings. The number of nitrogens with zero attached hydrogens (tertiary/aromatic N) is 1. The Bertz CT molecular complexity index is 674. The number of hydrogen-bond donors (Lipinski definition) is 3. The van der Waals surface area contributed by atoms with Gasteiger partial charge in [0.15, 0.2) is 5.69 Å². The first-order valence-electron chi connectivity index (χ1n) is 5.24. The van der Waals surface area contributed by atoms with Gasteiger partial charge in [0.2, 0.25) is 0 Å². The minimum Gasteiger partial charge on any atom is -0.295 e. The van der Waals surface area contributed by atoms with Gasteiger partial charge >= 0.3 is 0 Å². The number of anilines is 1. The molecule has 3 N–H and O–H groups in total. The van der Waals surface area contributed by atoms with Crippen molar-refractivity contribution < 1.29 is 4.79 Å². The van der Waals surface area contributed by atoms with Crippen LogP contribution >= 0.6 is 34.8 Å². The lowest BCUT2D eigenvalue weighted by molar-refractivity contribution is 0.0956. The number of halogens is 3. The SMILES string of the molecule is O=C(NNc1c(Cl)cc(Cl)cc1Cl)c1ccc(=O)[nH]n1. The van der Waals surface area contributed by atoms with Crippen molar-refractivity contribution in [2.75, 3.05) is 5.43 Å². The highest BCUT2D eigenvalue weighted by Crippen LogP contribution is 2.33. The second-order valence-electron chi connectivity index (χ2n) is 3.63. The van der Waals surface area contributed by atoms with Gasteiger partial charge in [-0.1, -0.05) is 34.8 Å². The molecule has 1 heterocycles. The molecule has 0 aliphatic rings. The number of hydrogen-bond acceptors (Lipinski definition) is 4. The van der Waals surface area contributed by atoms with Gasteiger partial charge in [0.1, 0.15) is 0 Å². The molecule has 0 aliphatic heterocycles. The summed E-state index contributed by atoms with van der Waals surface area (Å²) >= 11 is 17.6. The number of nitrogens with one attached hydrogen (secondary N) is 3. The van der Waals surface area contributed by atoms with E-state index in [0.717, 1.165) is 0 Å². The molecule has 1 amide bonds. The van der Waals surface area contributed by atoms with Crippen molar-refractivity contribution in [1.29, 1.82) is 0 Å². The average molecular weight is 334 g/mol. The summed E-state index contributed by atoms with van der Waals surface area (Å²) in [5, 5.41) is 6.59. The van der Waals surface area contributed by atoms with Crippen LogP contribution in [0.2, 0.25) is 15.1 Å². The largest absolute Gasteiger partial charge is 0.295 e. The minimum atomic E-state index is -0.566. The summed E-state index contributed by atoms with van der Waals surface area (Å²) in [5.41, 5.74) is 4.84. The fourth-order valence-corrected chi connectivity index (χ4v) is 2.23. The Morgan fingerprint density at radius 2 is 1.80 bits per heavy atom. The quantitative estimate of drug-likeness (QED) is 0.753. The van der Waals surface area contributed by atoms with E-state index < -0.39 is 11.5 Å². The number of aromatic amines is 1. The topological polar surface area (TPSA) is 86.9 Å². The Labute approximate surface area is 128 Å². The van der Waals surface area contributed by atoms with Crippen molar-refractivity contribution in [3.05, 3.63) is 55.4 Å². The molecule has 2 rings (SSSR count). The molecule has 0 saturated heterocycles. The van der Waals surface area contributed by atoms with E-state index in [2.05, 4.69) is 21.0 Å². The van der Waals surface area contributed by atoms with Crippen molar-refractivity contribution >= 4 is 46.4 Å². The van der Waals surface area contributed by atoms with Crippen LogP contribution in [-0.4, -0.2) is 16.1 Å². The van der Waals surface area contributed by atoms with E-state index in [4.69, 9.17) is 34.8 Å². The molecule has 0 unspecified atom stereocenters. The molecule has 104 valence electrons. The Kier molecular flexibility index (Phi) is 4.49. The molecular formula is C11H7Cl3N4O2. The van der Waals surface area contributed by atoms with Gasteiger partial charge < -0.3 is 0 Å². The van der Waals surface area contributed by atoms with Crippen molar-refractivity contribution in [3.63, 3.8) is 0 Å². The fraction of sp³-hybridized carbons (Fsp3) is 0. The number of H-pyrrole nitrogens is 1. The maximum atomic E-state index is 11.7. The van der Waals surface area contributed by atoms with E-state index in [-0.39, 0.29) is 15.7 Å². The van der Waals surface area contributed by atoms with Crippen LogP contribution in [-0.2, 0) is 0 Å². The molecule has 1 aromatic carbocycles. The van der Waals surface area contributed by atoms with Gasteiger partial charge in [-0.2, -0.15) is 5.10 Å². The summed E-state index contributed by atoms with van der Waals surface area (Å²) in [4.78, 5) is 22.6. The van der Waals surface area contributed by atoms with Gasteiger partial charge in [0.05, 0.1) is 15.7 Å². The van der Waals surface area contributed by atoms with Gasteiger partial charge in [-0.05, 0) is 18.2 Å². The molecule has 0 saturated carbocycles. The van der Waals surface area contributed by atoms with Crippen LogP contribution in [0.25, 0.3) is 0 Å². The first kappa shape index (κ1) is 14.6. The van der Waals surface area contributed by atoms with Crippen LogP contribution in [0.5, 0.6) is 0 Å². The molecule has 20 heavy (non-hydrogen) atoms. The number of carbonyl (C=O) groups is 1. The average Bonchev–Trinajstić information content (AvgIpc) is 2.38. The van der Waals surface area contributed by atoms with E-state index in [0.29, 0.717) is 10.7 Å². The lowest BCUT2D eigenvalue weighted by Gasteiger charge is -2.11. The number of rotatable bonds is 3. The predicted octanol–water partition coefficient (Wildman–Crippen LogP) is 2.49. The fourth-order valence-electron chi connectivity index (χ4n) is 1.32. The van der Waals surface area contributed by atoms with E-state index in [1.807, 2.05) is 0 Å². The number of carbonyl (C=O) groups excluding carboxylic acids is 1. The zero-order chi connectivity index (χ0) is 14.7. The second kappa shape index (κ2) is 6.13. The Hall–Kier alpha value is -1.76. The summed E-state index contributed by atoms with van der Waals surface area (Å²) in [6.07, 6.45) is 0. The zero-order valence-electron chi connectivity index (χ0n) is 9.71. The maximum Gasteiger partial charge on any atom is 0.290 e. The van der Waals surface area contributed by atoms with Crippen molar-refractivity contribution in [2.45, 2.75) is 0 Å². The molecule has 0 fully saturated rings. The first-order valence-corrected chi connectivity index (χ1v) is 6.37. The summed E-state index contributed by atoms with van der Waals surface area (Å²) in [6.45, 7) is 0. The monoisotopic (exact) mass is 332 g/mol. The lowest BCUT2D eigenvalue weighted by atomic mass is 10.3. The standard InChI is InChI=1S/C11H7Cl3N4O2/c12-5-3-6(13)10(7(14)4-5)17-18-11(20)8-1-2-9(19)16-15-8/h1-4,17H,(H,16,19)(H,18,20). The summed E-state index contributed by atoms with van der Waals surface area (Å²) in [7, 11) is 0. The highest BCUT2D eigenvalue weighted by atomic mass is 35.5. The first-order chi connectivity index (χ1) is 9.47. The zero-order valence-corrected chi connectivity index (χ0v) is 12.0. The normalized spacial score (nSPS) is 10.2. The summed E-state index contributed by atoms with van der Waals surface area (Å²) in [6, 6.07) is 5.41. The van der Waals surface area contributed by atoms with Crippen LogP contribution in [0.4, 0.5) is 5.69 Å². The molecule has 0 spiro atoms. The number of hydrazine groups is 1. The molecule has 0 bridgehead atoms. The molecule has 0 radical (unpaired) electrons. The van der Waals surface area contributed by atoms with Gasteiger partial charge in [0.25, 0.3) is 11.5 Å². The highest BCUT2D eigenvalue weighted by Gasteiger charge is 2.11. The third-order valence-electron chi connectivity index (χ3n) is 2.22. The van der Waals surface area contributed by atoms with E-state index >= 15 is 0 Å². The number of amides is 1. The van der Waals surface area contributed by atoms with Gasteiger partial charge in [-0.25, -0.2) is 5.10 Å². The lowest BCUT2D eigenvalue weighted by Crippen LogP contribution is -2.31. The van der Waals surface area contributed by atoms with Gasteiger partial charge in [0, 0.05) is 11.1 Å². The van der Waals surface area contributed by atoms with Crippen molar-refractivity contribution in [3.8, 4) is 0 Å². The van der Waals surface area contributed by atoms with Gasteiger partial charge in [-0.3, -0.25) is 20.4 Å². The Morgan fingerprint density at radius 1 is 1.15 bits per heavy atom. The summed E-state index contributed by atoms with van der Waals surface area (Å²) in [5.74, 6) is -0.566. The molecule has 0 atom stereocenters. The smallest absolute Gasteiger partial charge is 0.290 e. The minimum absolute atomic E-state index is 0.0262. The van der Waals surface area contributed by atoms with E-state index in [1.54, 1.807) is 0 Å². The Morgan fingerprint density at radius 3 is 2.35 bits per heavy atom. The molecule has 1 aromatic heterocycles. The third kappa shape index (κ3) is 3.41. The highest BCUT2D eigenvalue weighted by molar-refractivity contribution is 6.41. The van der Waals surface area contributed by atoms with Crippen LogP contribution in [0.3, 0.4) is 0 Å². The van der Waals surface area contributed by atoms with E-state index in [9.17, 15) is 9.59 Å². The summed E-state index contributed by atoms with van der Waals surface area (Å²) < 4.78 is 0. The van der Waals surface area contributed by atoms with Crippen LogP contribution in [0.15, 0.2) is 29.1 Å². The van der Waals surface area contributed by atoms with Crippen LogP contribution in [0.1, 0.15) is 10.5 Å². The van der Waals surface area contributed by atoms with Crippen molar-refractivity contribution in [2.24, 2.45) is 0 Å². The van der Waals surface area contributed by atoms with Crippen LogP contribution < -0.4 is 16.4 Å². The third-order valence-corrected chi connectivity index (χ3v) is 3.03. The molecule has 0 aliphatic carbocycles. The van der Waals surface area contributed by atoms with Crippen molar-refractivity contribution in [1.82, 2.24) is 15.6 Å². The molecule has 9 heteroatoms. The predicted molar refractivity (Wildman–Crippen MR) is 77.4 cm³/mol. The number of aromatic nitrogens is 2. The van der Waals surface area contributed by atoms with E-state index in [1.165, 1.54) is 24.3 Å². The molecular weight excluding hydrogens is 327 g/mol. The number of benzene rings is 1. The Balaban J connectivity index is 2.11. The van der Waals surface area contributed by atoms with Gasteiger partial charge in [-0.15, -0.1) is 0 Å². The van der Waals surface area contributed by atoms with Crippen LogP contribution in [0, 0.1) is 0 Å².